The molecule has 37 heavy (non-hydrogen) atoms. The lowest BCUT2D eigenvalue weighted by Crippen LogP contribution is -2.62. The van der Waals surface area contributed by atoms with Gasteiger partial charge >= 0.3 is 11.9 Å². The van der Waals surface area contributed by atoms with Crippen LogP contribution in [0, 0.1) is 40.4 Å². The van der Waals surface area contributed by atoms with Crippen molar-refractivity contribution in [3.05, 3.63) is 23.3 Å². The summed E-state index contributed by atoms with van der Waals surface area (Å²) < 4.78 is 17.2. The summed E-state index contributed by atoms with van der Waals surface area (Å²) in [7, 11) is 0. The molecule has 10 atom stereocenters. The van der Waals surface area contributed by atoms with Gasteiger partial charge in [-0.2, -0.15) is 0 Å². The van der Waals surface area contributed by atoms with Crippen LogP contribution >= 0.6 is 0 Å². The van der Waals surface area contributed by atoms with E-state index in [-0.39, 0.29) is 53.6 Å². The Morgan fingerprint density at radius 2 is 1.84 bits per heavy atom. The highest BCUT2D eigenvalue weighted by Gasteiger charge is 2.80. The maximum atomic E-state index is 13.3. The SMILES string of the molecule is CC(=O)OCC1=C(C)CC([C@@H](C)C2CCC3C4C[C@H]5OC56C(=O)C=CC(=O)[C@]6(C)C4CC[C@@]32C)OC1=O. The van der Waals surface area contributed by atoms with E-state index < -0.39 is 17.0 Å². The van der Waals surface area contributed by atoms with E-state index in [2.05, 4.69) is 13.8 Å². The Labute approximate surface area is 218 Å². The van der Waals surface area contributed by atoms with Crippen molar-refractivity contribution in [1.82, 2.24) is 0 Å². The van der Waals surface area contributed by atoms with Gasteiger partial charge < -0.3 is 14.2 Å². The van der Waals surface area contributed by atoms with Crippen LogP contribution in [-0.4, -0.2) is 47.9 Å². The molecule has 7 nitrogen and oxygen atoms in total. The molecule has 4 fully saturated rings. The molecule has 1 saturated heterocycles. The minimum absolute atomic E-state index is 0.0279. The first-order chi connectivity index (χ1) is 17.4. The zero-order valence-corrected chi connectivity index (χ0v) is 22.5. The highest BCUT2D eigenvalue weighted by atomic mass is 16.6. The number of epoxide rings is 1. The van der Waals surface area contributed by atoms with Crippen LogP contribution in [0.3, 0.4) is 0 Å². The lowest BCUT2D eigenvalue weighted by molar-refractivity contribution is -0.156. The Morgan fingerprint density at radius 3 is 2.54 bits per heavy atom. The molecule has 0 amide bonds. The first-order valence-electron chi connectivity index (χ1n) is 13.9. The minimum Gasteiger partial charge on any atom is -0.461 e. The number of carbonyl (C=O) groups excluding carboxylic acids is 4. The number of cyclic esters (lactones) is 1. The second-order valence-corrected chi connectivity index (χ2v) is 13.0. The van der Waals surface area contributed by atoms with Crippen molar-refractivity contribution in [2.75, 3.05) is 6.61 Å². The second kappa shape index (κ2) is 8.11. The van der Waals surface area contributed by atoms with E-state index in [1.807, 2.05) is 13.8 Å². The van der Waals surface area contributed by atoms with E-state index in [4.69, 9.17) is 14.2 Å². The topological polar surface area (TPSA) is 99.3 Å². The summed E-state index contributed by atoms with van der Waals surface area (Å²) in [6.45, 7) is 9.86. The van der Waals surface area contributed by atoms with Crippen molar-refractivity contribution >= 4 is 23.5 Å². The molecule has 4 aliphatic carbocycles. The number of fused-ring (bicyclic) bond motifs is 4. The van der Waals surface area contributed by atoms with E-state index >= 15 is 0 Å². The van der Waals surface area contributed by atoms with E-state index in [0.29, 0.717) is 29.7 Å². The molecule has 6 aliphatic rings. The largest absolute Gasteiger partial charge is 0.461 e. The maximum Gasteiger partial charge on any atom is 0.337 e. The van der Waals surface area contributed by atoms with Crippen LogP contribution in [-0.2, 0) is 33.4 Å². The third-order valence-corrected chi connectivity index (χ3v) is 11.7. The number of ketones is 2. The molecule has 2 heterocycles. The zero-order chi connectivity index (χ0) is 26.5. The first kappa shape index (κ1) is 25.0. The van der Waals surface area contributed by atoms with Crippen molar-refractivity contribution in [3.8, 4) is 0 Å². The van der Waals surface area contributed by atoms with E-state index in [9.17, 15) is 19.2 Å². The second-order valence-electron chi connectivity index (χ2n) is 13.0. The Bertz CT molecular complexity index is 1150. The summed E-state index contributed by atoms with van der Waals surface area (Å²) in [5, 5.41) is 0. The fourth-order valence-corrected chi connectivity index (χ4v) is 9.67. The number of hydrogen-bond donors (Lipinski definition) is 0. The fourth-order valence-electron chi connectivity index (χ4n) is 9.67. The van der Waals surface area contributed by atoms with Crippen LogP contribution in [0.15, 0.2) is 23.3 Å². The molecule has 0 aromatic carbocycles. The van der Waals surface area contributed by atoms with E-state index in [1.54, 1.807) is 0 Å². The lowest BCUT2D eigenvalue weighted by Gasteiger charge is -2.57. The van der Waals surface area contributed by atoms with Crippen LogP contribution in [0.2, 0.25) is 0 Å². The number of allylic oxidation sites excluding steroid dienone is 1. The number of carbonyl (C=O) groups is 4. The lowest BCUT2D eigenvalue weighted by atomic mass is 9.44. The van der Waals surface area contributed by atoms with Crippen LogP contribution in [0.4, 0.5) is 0 Å². The molecule has 6 rings (SSSR count). The predicted molar refractivity (Wildman–Crippen MR) is 133 cm³/mol. The molecule has 0 N–H and O–H groups in total. The number of rotatable bonds is 4. The molecule has 0 radical (unpaired) electrons. The predicted octanol–water partition coefficient (Wildman–Crippen LogP) is 4.13. The molecule has 0 aromatic rings. The number of hydrogen-bond acceptors (Lipinski definition) is 7. The summed E-state index contributed by atoms with van der Waals surface area (Å²) in [6, 6.07) is 0. The molecular weight excluding hydrogens is 472 g/mol. The van der Waals surface area contributed by atoms with Gasteiger partial charge in [0, 0.05) is 13.3 Å². The fraction of sp³-hybridized carbons (Fsp3) is 0.733. The van der Waals surface area contributed by atoms with Gasteiger partial charge in [0.15, 0.2) is 17.2 Å². The Hall–Kier alpha value is -2.28. The Kier molecular flexibility index (Phi) is 5.48. The number of esters is 2. The van der Waals surface area contributed by atoms with Crippen LogP contribution in [0.1, 0.15) is 73.1 Å². The van der Waals surface area contributed by atoms with Gasteiger partial charge in [-0.15, -0.1) is 0 Å². The average molecular weight is 511 g/mol. The molecule has 7 heteroatoms. The highest BCUT2D eigenvalue weighted by Crippen LogP contribution is 2.72. The molecule has 0 aromatic heterocycles. The van der Waals surface area contributed by atoms with Gasteiger partial charge in [-0.1, -0.05) is 19.4 Å². The standard InChI is InChI=1S/C30H38O7/c1-15-12-23(36-27(34)19(15)14-35-17(3)31)16(2)20-6-7-21-18-13-26-30(37-26)25(33)9-8-24(32)29(30,5)22(18)10-11-28(20,21)4/h8-9,16,18,20-23,26H,6-7,10-14H2,1-5H3/t16-,18?,20?,21?,22?,23?,26+,28+,29-,30?/m0/s1. The third kappa shape index (κ3) is 3.22. The molecular formula is C30H38O7. The van der Waals surface area contributed by atoms with Crippen LogP contribution in [0.25, 0.3) is 0 Å². The number of ether oxygens (including phenoxy) is 3. The van der Waals surface area contributed by atoms with Crippen molar-refractivity contribution in [2.24, 2.45) is 40.4 Å². The molecule has 6 unspecified atom stereocenters. The van der Waals surface area contributed by atoms with Crippen LogP contribution in [0.5, 0.6) is 0 Å². The minimum atomic E-state index is -0.928. The van der Waals surface area contributed by atoms with Gasteiger partial charge in [-0.3, -0.25) is 14.4 Å². The molecule has 1 spiro atoms. The van der Waals surface area contributed by atoms with Crippen LogP contribution < -0.4 is 0 Å². The smallest absolute Gasteiger partial charge is 0.337 e. The molecule has 200 valence electrons. The van der Waals surface area contributed by atoms with Gasteiger partial charge in [-0.05, 0) is 93.1 Å². The molecule has 3 saturated carbocycles. The van der Waals surface area contributed by atoms with Gasteiger partial charge in [0.05, 0.1) is 17.1 Å². The normalized spacial score (nSPS) is 46.9. The summed E-state index contributed by atoms with van der Waals surface area (Å²) in [6.07, 6.45) is 8.17. The molecule has 2 aliphatic heterocycles. The van der Waals surface area contributed by atoms with E-state index in [1.165, 1.54) is 19.1 Å². The first-order valence-corrected chi connectivity index (χ1v) is 13.9. The Balaban J connectivity index is 1.23. The van der Waals surface area contributed by atoms with Gasteiger partial charge in [0.2, 0.25) is 0 Å². The van der Waals surface area contributed by atoms with Crippen molar-refractivity contribution < 1.29 is 33.4 Å². The monoisotopic (exact) mass is 510 g/mol. The average Bonchev–Trinajstić information content (AvgIpc) is 3.47. The van der Waals surface area contributed by atoms with Gasteiger partial charge in [-0.25, -0.2) is 4.79 Å². The summed E-state index contributed by atoms with van der Waals surface area (Å²) in [5.74, 6) is 0.806. The third-order valence-electron chi connectivity index (χ3n) is 11.7. The quantitative estimate of drug-likeness (QED) is 0.414. The highest BCUT2D eigenvalue weighted by molar-refractivity contribution is 6.15. The summed E-state index contributed by atoms with van der Waals surface area (Å²) in [4.78, 5) is 50.3. The van der Waals surface area contributed by atoms with Gasteiger partial charge in [0.25, 0.3) is 0 Å². The van der Waals surface area contributed by atoms with Crippen molar-refractivity contribution in [3.63, 3.8) is 0 Å². The summed E-state index contributed by atoms with van der Waals surface area (Å²) >= 11 is 0. The maximum absolute atomic E-state index is 13.3. The molecule has 0 bridgehead atoms. The Morgan fingerprint density at radius 1 is 1.11 bits per heavy atom. The van der Waals surface area contributed by atoms with Gasteiger partial charge in [0.1, 0.15) is 12.7 Å². The van der Waals surface area contributed by atoms with Crippen molar-refractivity contribution in [1.29, 1.82) is 0 Å². The summed E-state index contributed by atoms with van der Waals surface area (Å²) in [5.41, 5.74) is -0.210. The van der Waals surface area contributed by atoms with Crippen molar-refractivity contribution in [2.45, 2.75) is 91.0 Å². The van der Waals surface area contributed by atoms with E-state index in [0.717, 1.165) is 37.7 Å². The zero-order valence-electron chi connectivity index (χ0n) is 22.5.